The van der Waals surface area contributed by atoms with Gasteiger partial charge in [-0.3, -0.25) is 4.79 Å². The summed E-state index contributed by atoms with van der Waals surface area (Å²) in [5, 5.41) is 3.49. The molecule has 140 valence electrons. The number of sulfonamides is 1. The Kier molecular flexibility index (Phi) is 7.10. The van der Waals surface area contributed by atoms with E-state index in [2.05, 4.69) is 5.32 Å². The molecule has 0 spiro atoms. The molecule has 1 aliphatic heterocycles. The van der Waals surface area contributed by atoms with Crippen LogP contribution in [0.25, 0.3) is 0 Å². The molecule has 1 saturated heterocycles. The number of nitrogens with zero attached hydrogens (tertiary/aromatic N) is 1. The maximum Gasteiger partial charge on any atom is 0.260 e. The Morgan fingerprint density at radius 1 is 1.40 bits per heavy atom. The van der Waals surface area contributed by atoms with E-state index in [0.717, 1.165) is 0 Å². The molecule has 1 fully saturated rings. The van der Waals surface area contributed by atoms with Gasteiger partial charge in [-0.2, -0.15) is 0 Å². The number of ether oxygens (including phenoxy) is 1. The molecule has 1 atom stereocenters. The summed E-state index contributed by atoms with van der Waals surface area (Å²) in [5.74, 6) is 0.500. The van der Waals surface area contributed by atoms with Crippen molar-refractivity contribution in [3.63, 3.8) is 0 Å². The lowest BCUT2D eigenvalue weighted by Crippen LogP contribution is -2.49. The van der Waals surface area contributed by atoms with E-state index in [1.165, 1.54) is 4.31 Å². The number of halogens is 1. The van der Waals surface area contributed by atoms with Crippen LogP contribution in [-0.4, -0.2) is 49.6 Å². The zero-order valence-corrected chi connectivity index (χ0v) is 16.1. The van der Waals surface area contributed by atoms with Gasteiger partial charge in [0.15, 0.2) is 6.10 Å². The Hall–Kier alpha value is -1.31. The number of hydrogen-bond acceptors (Lipinski definition) is 4. The summed E-state index contributed by atoms with van der Waals surface area (Å²) >= 11 is 5.90. The van der Waals surface area contributed by atoms with Crippen LogP contribution in [0.2, 0.25) is 5.02 Å². The van der Waals surface area contributed by atoms with Crippen molar-refractivity contribution >= 4 is 27.5 Å². The molecule has 0 aromatic heterocycles. The number of rotatable bonds is 7. The second-order valence-corrected chi connectivity index (χ2v) is 8.74. The fourth-order valence-corrected chi connectivity index (χ4v) is 4.50. The van der Waals surface area contributed by atoms with E-state index in [-0.39, 0.29) is 17.7 Å². The number of benzene rings is 1. The lowest BCUT2D eigenvalue weighted by Gasteiger charge is -2.32. The quantitative estimate of drug-likeness (QED) is 0.778. The van der Waals surface area contributed by atoms with Crippen molar-refractivity contribution in [1.29, 1.82) is 0 Å². The van der Waals surface area contributed by atoms with Crippen molar-refractivity contribution in [2.75, 3.05) is 18.8 Å². The molecule has 2 rings (SSSR count). The SMILES string of the molecule is CCCS(=O)(=O)N1CCC(NC(=O)C(C)Oc2cccc(Cl)c2)CC1. The Balaban J connectivity index is 1.82. The first-order valence-electron chi connectivity index (χ1n) is 8.52. The molecule has 0 bridgehead atoms. The summed E-state index contributed by atoms with van der Waals surface area (Å²) in [6.45, 7) is 4.41. The number of carbonyl (C=O) groups is 1. The van der Waals surface area contributed by atoms with Gasteiger partial charge < -0.3 is 10.1 Å². The number of piperidine rings is 1. The van der Waals surface area contributed by atoms with Gasteiger partial charge >= 0.3 is 0 Å². The first-order valence-corrected chi connectivity index (χ1v) is 10.5. The Morgan fingerprint density at radius 2 is 2.08 bits per heavy atom. The monoisotopic (exact) mass is 388 g/mol. The zero-order valence-electron chi connectivity index (χ0n) is 14.6. The molecule has 1 aromatic rings. The molecule has 1 aromatic carbocycles. The first-order chi connectivity index (χ1) is 11.8. The summed E-state index contributed by atoms with van der Waals surface area (Å²) in [5.41, 5.74) is 0. The summed E-state index contributed by atoms with van der Waals surface area (Å²) in [6.07, 6.45) is 1.18. The van der Waals surface area contributed by atoms with Gasteiger partial charge in [0.1, 0.15) is 5.75 Å². The maximum atomic E-state index is 12.3. The van der Waals surface area contributed by atoms with Crippen LogP contribution in [0, 0.1) is 0 Å². The molecule has 1 aliphatic rings. The number of nitrogens with one attached hydrogen (secondary N) is 1. The number of hydrogen-bond donors (Lipinski definition) is 1. The van der Waals surface area contributed by atoms with Crippen LogP contribution >= 0.6 is 11.6 Å². The highest BCUT2D eigenvalue weighted by molar-refractivity contribution is 7.89. The lowest BCUT2D eigenvalue weighted by atomic mass is 10.1. The van der Waals surface area contributed by atoms with Gasteiger partial charge in [-0.1, -0.05) is 24.6 Å². The molecule has 8 heteroatoms. The minimum absolute atomic E-state index is 0.0361. The van der Waals surface area contributed by atoms with Crippen LogP contribution in [0.1, 0.15) is 33.1 Å². The minimum Gasteiger partial charge on any atom is -0.481 e. The molecule has 25 heavy (non-hydrogen) atoms. The van der Waals surface area contributed by atoms with E-state index in [0.29, 0.717) is 43.1 Å². The molecule has 1 amide bonds. The van der Waals surface area contributed by atoms with Crippen molar-refractivity contribution in [2.45, 2.75) is 45.3 Å². The van der Waals surface area contributed by atoms with Gasteiger partial charge in [0.05, 0.1) is 5.75 Å². The molecular weight excluding hydrogens is 364 g/mol. The molecule has 6 nitrogen and oxygen atoms in total. The molecule has 1 N–H and O–H groups in total. The summed E-state index contributed by atoms with van der Waals surface area (Å²) in [4.78, 5) is 12.3. The molecule has 0 aliphatic carbocycles. The predicted molar refractivity (Wildman–Crippen MR) is 98.4 cm³/mol. The van der Waals surface area contributed by atoms with Gasteiger partial charge in [-0.25, -0.2) is 12.7 Å². The third kappa shape index (κ3) is 5.87. The molecular formula is C17H25ClN2O4S. The third-order valence-corrected chi connectivity index (χ3v) is 6.45. The summed E-state index contributed by atoms with van der Waals surface area (Å²) in [7, 11) is -3.16. The highest BCUT2D eigenvalue weighted by Gasteiger charge is 2.29. The highest BCUT2D eigenvalue weighted by Crippen LogP contribution is 2.19. The largest absolute Gasteiger partial charge is 0.481 e. The van der Waals surface area contributed by atoms with Crippen LogP contribution in [0.15, 0.2) is 24.3 Å². The first kappa shape index (κ1) is 20.0. The average Bonchev–Trinajstić information content (AvgIpc) is 2.55. The van der Waals surface area contributed by atoms with Crippen LogP contribution in [-0.2, 0) is 14.8 Å². The fourth-order valence-electron chi connectivity index (χ4n) is 2.78. The average molecular weight is 389 g/mol. The summed E-state index contributed by atoms with van der Waals surface area (Å²) < 4.78 is 31.2. The smallest absolute Gasteiger partial charge is 0.260 e. The van der Waals surface area contributed by atoms with E-state index in [4.69, 9.17) is 16.3 Å². The standard InChI is InChI=1S/C17H25ClN2O4S/c1-3-11-25(22,23)20-9-7-15(8-10-20)19-17(21)13(2)24-16-6-4-5-14(18)12-16/h4-6,12-13,15H,3,7-11H2,1-2H3,(H,19,21). The van der Waals surface area contributed by atoms with Crippen LogP contribution in [0.4, 0.5) is 0 Å². The fraction of sp³-hybridized carbons (Fsp3) is 0.588. The minimum atomic E-state index is -3.16. The molecule has 0 saturated carbocycles. The van der Waals surface area contributed by atoms with Crippen LogP contribution < -0.4 is 10.1 Å². The second-order valence-electron chi connectivity index (χ2n) is 6.22. The predicted octanol–water partition coefficient (Wildman–Crippen LogP) is 2.43. The van der Waals surface area contributed by atoms with Crippen molar-refractivity contribution in [1.82, 2.24) is 9.62 Å². The van der Waals surface area contributed by atoms with E-state index < -0.39 is 16.1 Å². The van der Waals surface area contributed by atoms with E-state index >= 15 is 0 Å². The van der Waals surface area contributed by atoms with Crippen molar-refractivity contribution < 1.29 is 17.9 Å². The maximum absolute atomic E-state index is 12.3. The third-order valence-electron chi connectivity index (χ3n) is 4.13. The van der Waals surface area contributed by atoms with Gasteiger partial charge in [-0.15, -0.1) is 0 Å². The Labute approximate surface area is 154 Å². The van der Waals surface area contributed by atoms with Gasteiger partial charge in [-0.05, 0) is 44.4 Å². The highest BCUT2D eigenvalue weighted by atomic mass is 35.5. The normalized spacial score (nSPS) is 17.9. The van der Waals surface area contributed by atoms with E-state index in [1.807, 2.05) is 6.92 Å². The van der Waals surface area contributed by atoms with E-state index in [9.17, 15) is 13.2 Å². The summed E-state index contributed by atoms with van der Waals surface area (Å²) in [6, 6.07) is 6.86. The van der Waals surface area contributed by atoms with Gasteiger partial charge in [0.2, 0.25) is 10.0 Å². The van der Waals surface area contributed by atoms with Crippen molar-refractivity contribution in [3.8, 4) is 5.75 Å². The topological polar surface area (TPSA) is 75.7 Å². The van der Waals surface area contributed by atoms with E-state index in [1.54, 1.807) is 31.2 Å². The molecule has 1 unspecified atom stereocenters. The second kappa shape index (κ2) is 8.87. The van der Waals surface area contributed by atoms with Crippen LogP contribution in [0.3, 0.4) is 0 Å². The Morgan fingerprint density at radius 3 is 2.68 bits per heavy atom. The number of carbonyl (C=O) groups excluding carboxylic acids is 1. The Bertz CT molecular complexity index is 688. The zero-order chi connectivity index (χ0) is 18.4. The van der Waals surface area contributed by atoms with Crippen LogP contribution in [0.5, 0.6) is 5.75 Å². The van der Waals surface area contributed by atoms with Gasteiger partial charge in [0, 0.05) is 24.2 Å². The van der Waals surface area contributed by atoms with Crippen molar-refractivity contribution in [2.24, 2.45) is 0 Å². The number of amides is 1. The van der Waals surface area contributed by atoms with Crippen molar-refractivity contribution in [3.05, 3.63) is 29.3 Å². The molecule has 1 heterocycles. The lowest BCUT2D eigenvalue weighted by molar-refractivity contribution is -0.128. The molecule has 0 radical (unpaired) electrons. The van der Waals surface area contributed by atoms with Gasteiger partial charge in [0.25, 0.3) is 5.91 Å².